The molecule has 7 nitrogen and oxygen atoms in total. The van der Waals surface area contributed by atoms with Gasteiger partial charge in [-0.3, -0.25) is 14.9 Å². The van der Waals surface area contributed by atoms with Gasteiger partial charge in [-0.15, -0.1) is 0 Å². The van der Waals surface area contributed by atoms with E-state index in [4.69, 9.17) is 21.1 Å². The van der Waals surface area contributed by atoms with Gasteiger partial charge in [-0.25, -0.2) is 9.69 Å². The highest BCUT2D eigenvalue weighted by molar-refractivity contribution is 14.1. The maximum Gasteiger partial charge on any atom is 0.335 e. The largest absolute Gasteiger partial charge is 0.492 e. The van der Waals surface area contributed by atoms with Gasteiger partial charge < -0.3 is 9.47 Å². The molecule has 1 aliphatic heterocycles. The lowest BCUT2D eigenvalue weighted by molar-refractivity contribution is -0.122. The summed E-state index contributed by atoms with van der Waals surface area (Å²) < 4.78 is 11.7. The molecule has 0 radical (unpaired) electrons. The van der Waals surface area contributed by atoms with E-state index in [0.29, 0.717) is 28.7 Å². The number of hydrogen-bond donors (Lipinski definition) is 1. The normalized spacial score (nSPS) is 15.4. The number of methoxy groups -OCH3 is 1. The number of imide groups is 2. The molecular formula is C21H18ClIN2O5. The van der Waals surface area contributed by atoms with Crippen molar-refractivity contribution in [3.8, 4) is 11.5 Å². The third-order valence-electron chi connectivity index (χ3n) is 4.36. The van der Waals surface area contributed by atoms with Crippen LogP contribution in [0.1, 0.15) is 18.1 Å². The van der Waals surface area contributed by atoms with E-state index in [9.17, 15) is 14.4 Å². The Kier molecular flexibility index (Phi) is 6.67. The van der Waals surface area contributed by atoms with E-state index in [-0.39, 0.29) is 11.3 Å². The van der Waals surface area contributed by atoms with Crippen molar-refractivity contribution < 1.29 is 23.9 Å². The minimum absolute atomic E-state index is 0.185. The third-order valence-corrected chi connectivity index (χ3v) is 5.57. The number of carbonyl (C=O) groups is 3. The molecular weight excluding hydrogens is 523 g/mol. The number of nitrogens with zero attached hydrogens (tertiary/aromatic N) is 1. The molecule has 2 aromatic rings. The van der Waals surface area contributed by atoms with Crippen LogP contribution in [0.25, 0.3) is 6.08 Å². The van der Waals surface area contributed by atoms with Crippen LogP contribution in [0.3, 0.4) is 0 Å². The summed E-state index contributed by atoms with van der Waals surface area (Å²) in [5.74, 6) is -0.471. The number of anilines is 1. The topological polar surface area (TPSA) is 84.9 Å². The number of halogens is 2. The zero-order valence-corrected chi connectivity index (χ0v) is 19.3. The SMILES string of the molecule is CCOc1cc(/C=C2/C(=O)NC(=O)N(c3ccc(C)c(Cl)c3)C2=O)cc(I)c1OC. The summed E-state index contributed by atoms with van der Waals surface area (Å²) in [5, 5.41) is 2.60. The summed E-state index contributed by atoms with van der Waals surface area (Å²) in [6, 6.07) is 7.38. The van der Waals surface area contributed by atoms with Crippen molar-refractivity contribution in [3.63, 3.8) is 0 Å². The minimum atomic E-state index is -0.832. The van der Waals surface area contributed by atoms with Gasteiger partial charge in [0.2, 0.25) is 0 Å². The molecule has 3 rings (SSSR count). The fourth-order valence-corrected chi connectivity index (χ4v) is 3.93. The molecule has 30 heavy (non-hydrogen) atoms. The Morgan fingerprint density at radius 1 is 1.20 bits per heavy atom. The second kappa shape index (κ2) is 9.05. The van der Waals surface area contributed by atoms with Crippen molar-refractivity contribution in [1.82, 2.24) is 5.32 Å². The molecule has 156 valence electrons. The number of ether oxygens (including phenoxy) is 2. The Hall–Kier alpha value is -2.59. The van der Waals surface area contributed by atoms with E-state index in [1.54, 1.807) is 31.2 Å². The highest BCUT2D eigenvalue weighted by Crippen LogP contribution is 2.35. The van der Waals surface area contributed by atoms with E-state index in [1.807, 2.05) is 6.92 Å². The number of aryl methyl sites for hydroxylation is 1. The third kappa shape index (κ3) is 4.29. The van der Waals surface area contributed by atoms with Gasteiger partial charge in [0, 0.05) is 5.02 Å². The number of amides is 4. The standard InChI is InChI=1S/C21H18ClIN2O5/c1-4-30-17-9-12(8-16(23)18(17)29-3)7-14-19(26)24-21(28)25(20(14)27)13-6-5-11(2)15(22)10-13/h5-10H,4H2,1-3H3,(H,24,26,28)/b14-7-. The number of benzene rings is 2. The first-order valence-electron chi connectivity index (χ1n) is 8.94. The van der Waals surface area contributed by atoms with Gasteiger partial charge in [-0.05, 0) is 77.9 Å². The molecule has 0 aliphatic carbocycles. The zero-order chi connectivity index (χ0) is 22.0. The van der Waals surface area contributed by atoms with Gasteiger partial charge in [-0.2, -0.15) is 0 Å². The highest BCUT2D eigenvalue weighted by Gasteiger charge is 2.37. The first-order chi connectivity index (χ1) is 14.3. The maximum absolute atomic E-state index is 13.0. The Morgan fingerprint density at radius 2 is 1.93 bits per heavy atom. The maximum atomic E-state index is 13.0. The monoisotopic (exact) mass is 540 g/mol. The Bertz CT molecular complexity index is 1080. The molecule has 4 amide bonds. The van der Waals surface area contributed by atoms with E-state index < -0.39 is 17.8 Å². The first kappa shape index (κ1) is 22.1. The molecule has 0 atom stereocenters. The number of nitrogens with one attached hydrogen (secondary N) is 1. The van der Waals surface area contributed by atoms with Gasteiger partial charge in [0.05, 0.1) is 23.0 Å². The lowest BCUT2D eigenvalue weighted by atomic mass is 10.1. The Labute approximate surface area is 192 Å². The molecule has 0 bridgehead atoms. The number of rotatable bonds is 5. The Balaban J connectivity index is 2.05. The number of urea groups is 1. The molecule has 1 N–H and O–H groups in total. The van der Waals surface area contributed by atoms with Crippen molar-refractivity contribution in [2.45, 2.75) is 13.8 Å². The fraction of sp³-hybridized carbons (Fsp3) is 0.190. The van der Waals surface area contributed by atoms with Gasteiger partial charge in [-0.1, -0.05) is 17.7 Å². The zero-order valence-electron chi connectivity index (χ0n) is 16.4. The molecule has 0 aromatic heterocycles. The van der Waals surface area contributed by atoms with Gasteiger partial charge in [0.15, 0.2) is 11.5 Å². The summed E-state index contributed by atoms with van der Waals surface area (Å²) in [5.41, 5.74) is 1.44. The average Bonchev–Trinajstić information content (AvgIpc) is 2.68. The van der Waals surface area contributed by atoms with E-state index >= 15 is 0 Å². The molecule has 1 heterocycles. The molecule has 0 spiro atoms. The van der Waals surface area contributed by atoms with Crippen LogP contribution in [0.4, 0.5) is 10.5 Å². The second-order valence-electron chi connectivity index (χ2n) is 6.36. The quantitative estimate of drug-likeness (QED) is 0.347. The van der Waals surface area contributed by atoms with E-state index in [2.05, 4.69) is 27.9 Å². The van der Waals surface area contributed by atoms with Crippen molar-refractivity contribution in [2.24, 2.45) is 0 Å². The predicted octanol–water partition coefficient (Wildman–Crippen LogP) is 4.33. The average molecular weight is 541 g/mol. The number of hydrogen-bond acceptors (Lipinski definition) is 5. The minimum Gasteiger partial charge on any atom is -0.492 e. The molecule has 0 unspecified atom stereocenters. The highest BCUT2D eigenvalue weighted by atomic mass is 127. The van der Waals surface area contributed by atoms with Crippen LogP contribution in [0, 0.1) is 10.5 Å². The predicted molar refractivity (Wildman–Crippen MR) is 122 cm³/mol. The van der Waals surface area contributed by atoms with Crippen LogP contribution in [-0.4, -0.2) is 31.6 Å². The van der Waals surface area contributed by atoms with Crippen molar-refractivity contribution in [2.75, 3.05) is 18.6 Å². The summed E-state index contributed by atoms with van der Waals surface area (Å²) in [4.78, 5) is 38.7. The second-order valence-corrected chi connectivity index (χ2v) is 7.93. The lowest BCUT2D eigenvalue weighted by Crippen LogP contribution is -2.54. The van der Waals surface area contributed by atoms with Gasteiger partial charge in [0.25, 0.3) is 11.8 Å². The molecule has 1 saturated heterocycles. The van der Waals surface area contributed by atoms with Crippen LogP contribution in [0.5, 0.6) is 11.5 Å². The fourth-order valence-electron chi connectivity index (χ4n) is 2.91. The van der Waals surface area contributed by atoms with Crippen LogP contribution in [0.2, 0.25) is 5.02 Å². The summed E-state index contributed by atoms with van der Waals surface area (Å²) in [6.07, 6.45) is 1.41. The summed E-state index contributed by atoms with van der Waals surface area (Å²) in [7, 11) is 1.53. The lowest BCUT2D eigenvalue weighted by Gasteiger charge is -2.26. The van der Waals surface area contributed by atoms with Crippen LogP contribution < -0.4 is 19.7 Å². The smallest absolute Gasteiger partial charge is 0.335 e. The molecule has 1 fully saturated rings. The van der Waals surface area contributed by atoms with Crippen molar-refractivity contribution in [3.05, 3.63) is 55.6 Å². The van der Waals surface area contributed by atoms with E-state index in [0.717, 1.165) is 14.0 Å². The van der Waals surface area contributed by atoms with E-state index in [1.165, 1.54) is 19.3 Å². The van der Waals surface area contributed by atoms with Crippen LogP contribution in [0.15, 0.2) is 35.9 Å². The van der Waals surface area contributed by atoms with Crippen LogP contribution >= 0.6 is 34.2 Å². The molecule has 9 heteroatoms. The van der Waals surface area contributed by atoms with Crippen LogP contribution in [-0.2, 0) is 9.59 Å². The Morgan fingerprint density at radius 3 is 2.57 bits per heavy atom. The molecule has 2 aromatic carbocycles. The number of barbiturate groups is 1. The first-order valence-corrected chi connectivity index (χ1v) is 10.4. The molecule has 1 aliphatic rings. The molecule has 0 saturated carbocycles. The number of carbonyl (C=O) groups excluding carboxylic acids is 3. The van der Waals surface area contributed by atoms with Crippen molar-refractivity contribution >= 4 is 63.8 Å². The van der Waals surface area contributed by atoms with Gasteiger partial charge >= 0.3 is 6.03 Å². The van der Waals surface area contributed by atoms with Crippen molar-refractivity contribution in [1.29, 1.82) is 0 Å². The van der Waals surface area contributed by atoms with Gasteiger partial charge in [0.1, 0.15) is 5.57 Å². The summed E-state index contributed by atoms with van der Waals surface area (Å²) in [6.45, 7) is 4.06. The summed E-state index contributed by atoms with van der Waals surface area (Å²) >= 11 is 8.22.